The highest BCUT2D eigenvalue weighted by molar-refractivity contribution is 5.86. The minimum atomic E-state index is -1.07. The molecule has 2 amide bonds. The molecule has 1 aromatic carbocycles. The van der Waals surface area contributed by atoms with E-state index < -0.39 is 17.2 Å². The molecule has 1 aromatic heterocycles. The van der Waals surface area contributed by atoms with Gasteiger partial charge in [-0.1, -0.05) is 24.6 Å². The summed E-state index contributed by atoms with van der Waals surface area (Å²) < 4.78 is 0. The lowest BCUT2D eigenvalue weighted by atomic mass is 9.86. The lowest BCUT2D eigenvalue weighted by molar-refractivity contribution is -0.118. The molecule has 8 heteroatoms. The summed E-state index contributed by atoms with van der Waals surface area (Å²) in [6.45, 7) is 5.41. The van der Waals surface area contributed by atoms with Crippen LogP contribution in [0.4, 0.5) is 4.79 Å². The first-order valence-corrected chi connectivity index (χ1v) is 10.9. The van der Waals surface area contributed by atoms with Gasteiger partial charge in [-0.15, -0.1) is 4.79 Å². The molecule has 3 atom stereocenters. The van der Waals surface area contributed by atoms with Crippen LogP contribution in [-0.2, 0) is 11.3 Å². The van der Waals surface area contributed by atoms with E-state index in [4.69, 9.17) is 0 Å². The maximum atomic E-state index is 13.0. The van der Waals surface area contributed by atoms with Crippen LogP contribution in [-0.4, -0.2) is 37.4 Å². The van der Waals surface area contributed by atoms with Crippen LogP contribution in [0.25, 0.3) is 10.8 Å². The molecule has 0 saturated heterocycles. The van der Waals surface area contributed by atoms with Gasteiger partial charge in [-0.25, -0.2) is 10.2 Å². The third kappa shape index (κ3) is 4.29. The third-order valence-electron chi connectivity index (χ3n) is 6.79. The molecule has 8 nitrogen and oxygen atoms in total. The zero-order valence-electron chi connectivity index (χ0n) is 18.3. The van der Waals surface area contributed by atoms with Crippen molar-refractivity contribution in [3.8, 4) is 0 Å². The molecule has 2 saturated carbocycles. The Bertz CT molecular complexity index is 1070. The number of rotatable bonds is 5. The van der Waals surface area contributed by atoms with Gasteiger partial charge in [0.15, 0.2) is 0 Å². The van der Waals surface area contributed by atoms with E-state index in [1.165, 1.54) is 24.2 Å². The molecular weight excluding hydrogens is 396 g/mol. The smallest absolute Gasteiger partial charge is 0.408 e. The highest BCUT2D eigenvalue weighted by Gasteiger charge is 2.40. The average molecular weight is 427 g/mol. The SMILES string of the molecule is CC(C)(C)N(Cc1nn(NC(=O)CC2CC3CCC2C3)c(=O)c2ccccc12)C(=O)O. The molecule has 0 aliphatic heterocycles. The molecule has 0 spiro atoms. The van der Waals surface area contributed by atoms with Gasteiger partial charge in [0.2, 0.25) is 5.91 Å². The van der Waals surface area contributed by atoms with Gasteiger partial charge in [0.1, 0.15) is 0 Å². The molecule has 2 N–H and O–H groups in total. The van der Waals surface area contributed by atoms with Gasteiger partial charge in [0.25, 0.3) is 5.56 Å². The Labute approximate surface area is 181 Å². The van der Waals surface area contributed by atoms with E-state index in [2.05, 4.69) is 10.5 Å². The molecule has 2 aliphatic carbocycles. The molecule has 0 radical (unpaired) electrons. The number of carbonyl (C=O) groups is 2. The highest BCUT2D eigenvalue weighted by Crippen LogP contribution is 2.49. The normalized spacial score (nSPS) is 22.6. The Balaban J connectivity index is 1.63. The summed E-state index contributed by atoms with van der Waals surface area (Å²) >= 11 is 0. The number of aromatic nitrogens is 2. The fraction of sp³-hybridized carbons (Fsp3) is 0.565. The fourth-order valence-corrected chi connectivity index (χ4v) is 5.22. The van der Waals surface area contributed by atoms with E-state index in [0.29, 0.717) is 34.7 Å². The van der Waals surface area contributed by atoms with Gasteiger partial charge in [-0.3, -0.25) is 14.5 Å². The number of hydrogen-bond acceptors (Lipinski definition) is 4. The third-order valence-corrected chi connectivity index (χ3v) is 6.79. The number of amides is 2. The number of nitrogens with zero attached hydrogens (tertiary/aromatic N) is 3. The van der Waals surface area contributed by atoms with Gasteiger partial charge in [-0.05, 0) is 63.9 Å². The van der Waals surface area contributed by atoms with Crippen LogP contribution in [0.1, 0.15) is 58.6 Å². The molecule has 166 valence electrons. The van der Waals surface area contributed by atoms with Gasteiger partial charge in [-0.2, -0.15) is 5.10 Å². The summed E-state index contributed by atoms with van der Waals surface area (Å²) in [4.78, 5) is 39.8. The van der Waals surface area contributed by atoms with E-state index in [1.54, 1.807) is 45.0 Å². The molecular formula is C23H30N4O4. The monoisotopic (exact) mass is 426 g/mol. The summed E-state index contributed by atoms with van der Waals surface area (Å²) in [5.41, 5.74) is 2.01. The molecule has 3 unspecified atom stereocenters. The maximum absolute atomic E-state index is 13.0. The predicted molar refractivity (Wildman–Crippen MR) is 117 cm³/mol. The van der Waals surface area contributed by atoms with Crippen LogP contribution >= 0.6 is 0 Å². The Morgan fingerprint density at radius 1 is 1.19 bits per heavy atom. The number of nitrogens with one attached hydrogen (secondary N) is 1. The topological polar surface area (TPSA) is 105 Å². The van der Waals surface area contributed by atoms with Crippen molar-refractivity contribution in [3.63, 3.8) is 0 Å². The van der Waals surface area contributed by atoms with Crippen molar-refractivity contribution in [1.82, 2.24) is 14.8 Å². The molecule has 1 heterocycles. The second-order valence-electron chi connectivity index (χ2n) is 9.92. The number of carbonyl (C=O) groups excluding carboxylic acids is 1. The van der Waals surface area contributed by atoms with Gasteiger partial charge >= 0.3 is 6.09 Å². The zero-order valence-corrected chi connectivity index (χ0v) is 18.3. The summed E-state index contributed by atoms with van der Waals surface area (Å²) in [6, 6.07) is 6.95. The van der Waals surface area contributed by atoms with Crippen molar-refractivity contribution in [2.24, 2.45) is 17.8 Å². The molecule has 2 fully saturated rings. The molecule has 2 aromatic rings. The number of benzene rings is 1. The van der Waals surface area contributed by atoms with Crippen molar-refractivity contribution in [2.45, 2.75) is 65.0 Å². The van der Waals surface area contributed by atoms with E-state index in [-0.39, 0.29) is 12.5 Å². The fourth-order valence-electron chi connectivity index (χ4n) is 5.22. The number of carboxylic acid groups (broad SMARTS) is 1. The van der Waals surface area contributed by atoms with Crippen molar-refractivity contribution in [2.75, 3.05) is 5.43 Å². The van der Waals surface area contributed by atoms with Crippen molar-refractivity contribution < 1.29 is 14.7 Å². The van der Waals surface area contributed by atoms with E-state index >= 15 is 0 Å². The minimum absolute atomic E-state index is 0.00186. The van der Waals surface area contributed by atoms with E-state index in [0.717, 1.165) is 17.1 Å². The Morgan fingerprint density at radius 3 is 2.48 bits per heavy atom. The molecule has 2 aliphatic rings. The Morgan fingerprint density at radius 2 is 1.90 bits per heavy atom. The molecule has 31 heavy (non-hydrogen) atoms. The Hall–Kier alpha value is -2.90. The highest BCUT2D eigenvalue weighted by atomic mass is 16.4. The van der Waals surface area contributed by atoms with Crippen LogP contribution < -0.4 is 11.0 Å². The second kappa shape index (κ2) is 7.98. The molecule has 2 bridgehead atoms. The average Bonchev–Trinajstić information content (AvgIpc) is 3.31. The largest absolute Gasteiger partial charge is 0.465 e. The molecule has 4 rings (SSSR count). The lowest BCUT2D eigenvalue weighted by Gasteiger charge is -2.33. The number of hydrogen-bond donors (Lipinski definition) is 2. The van der Waals surface area contributed by atoms with Gasteiger partial charge in [0.05, 0.1) is 17.6 Å². The van der Waals surface area contributed by atoms with E-state index in [1.807, 2.05) is 0 Å². The second-order valence-corrected chi connectivity index (χ2v) is 9.92. The van der Waals surface area contributed by atoms with Crippen molar-refractivity contribution in [3.05, 3.63) is 40.3 Å². The first-order chi connectivity index (χ1) is 14.6. The summed E-state index contributed by atoms with van der Waals surface area (Å²) in [5, 5.41) is 15.0. The van der Waals surface area contributed by atoms with Crippen LogP contribution in [0.15, 0.2) is 29.1 Å². The van der Waals surface area contributed by atoms with Gasteiger partial charge in [0, 0.05) is 17.3 Å². The summed E-state index contributed by atoms with van der Waals surface area (Å²) in [7, 11) is 0. The van der Waals surface area contributed by atoms with E-state index in [9.17, 15) is 19.5 Å². The van der Waals surface area contributed by atoms with Crippen molar-refractivity contribution in [1.29, 1.82) is 0 Å². The quantitative estimate of drug-likeness (QED) is 0.761. The number of fused-ring (bicyclic) bond motifs is 3. The predicted octanol–water partition coefficient (Wildman–Crippen LogP) is 3.57. The Kier molecular flexibility index (Phi) is 5.49. The van der Waals surface area contributed by atoms with Gasteiger partial charge < -0.3 is 5.11 Å². The van der Waals surface area contributed by atoms with Crippen LogP contribution in [0.5, 0.6) is 0 Å². The lowest BCUT2D eigenvalue weighted by Crippen LogP contribution is -2.45. The summed E-state index contributed by atoms with van der Waals surface area (Å²) in [5.74, 6) is 1.51. The first-order valence-electron chi connectivity index (χ1n) is 10.9. The summed E-state index contributed by atoms with van der Waals surface area (Å²) in [6.07, 6.45) is 4.08. The zero-order chi connectivity index (χ0) is 22.3. The maximum Gasteiger partial charge on any atom is 0.408 e. The van der Waals surface area contributed by atoms with Crippen LogP contribution in [0, 0.1) is 17.8 Å². The minimum Gasteiger partial charge on any atom is -0.465 e. The van der Waals surface area contributed by atoms with Crippen molar-refractivity contribution >= 4 is 22.8 Å². The van der Waals surface area contributed by atoms with Crippen LogP contribution in [0.3, 0.4) is 0 Å². The standard InChI is InChI=1S/C23H30N4O4/c1-23(2,3)26(22(30)31)13-19-17-6-4-5-7-18(17)21(29)27(24-19)25-20(28)12-16-11-14-8-9-15(16)10-14/h4-7,14-16H,8-13H2,1-3H3,(H,25,28)(H,30,31). The van der Waals surface area contributed by atoms with Crippen LogP contribution in [0.2, 0.25) is 0 Å². The first kappa shape index (κ1) is 21.3.